The number of imide groups is 1. The molecule has 1 aliphatic heterocycles. The summed E-state index contributed by atoms with van der Waals surface area (Å²) in [6, 6.07) is 10.1. The number of hydrogen-bond donors (Lipinski definition) is 2. The number of aryl methyl sites for hydroxylation is 1. The molecule has 0 spiro atoms. The maximum Gasteiger partial charge on any atom is 0.331 e. The number of unbranched alkanes of at least 4 members (excludes halogenated alkanes) is 1. The maximum absolute atomic E-state index is 11.8. The summed E-state index contributed by atoms with van der Waals surface area (Å²) in [4.78, 5) is 35.9. The molecule has 1 aromatic carbocycles. The number of carbonyl (C=O) groups is 3. The first kappa shape index (κ1) is 17.9. The second-order valence-corrected chi connectivity index (χ2v) is 6.04. The largest absolute Gasteiger partial charge is 0.479 e. The highest BCUT2D eigenvalue weighted by Crippen LogP contribution is 2.20. The van der Waals surface area contributed by atoms with Gasteiger partial charge < -0.3 is 10.4 Å². The van der Waals surface area contributed by atoms with Gasteiger partial charge in [-0.05, 0) is 38.3 Å². The van der Waals surface area contributed by atoms with E-state index < -0.39 is 23.3 Å². The lowest BCUT2D eigenvalue weighted by Crippen LogP contribution is -2.60. The van der Waals surface area contributed by atoms with Gasteiger partial charge in [-0.3, -0.25) is 14.5 Å². The Labute approximate surface area is 141 Å². The topological polar surface area (TPSA) is 86.7 Å². The van der Waals surface area contributed by atoms with Crippen molar-refractivity contribution in [1.29, 1.82) is 0 Å². The van der Waals surface area contributed by atoms with Gasteiger partial charge in [-0.2, -0.15) is 0 Å². The number of rotatable bonds is 9. The fourth-order valence-electron chi connectivity index (χ4n) is 2.69. The minimum atomic E-state index is -1.59. The predicted molar refractivity (Wildman–Crippen MR) is 89.3 cm³/mol. The smallest absolute Gasteiger partial charge is 0.331 e. The van der Waals surface area contributed by atoms with Crippen LogP contribution in [0.4, 0.5) is 0 Å². The molecule has 1 aliphatic rings. The summed E-state index contributed by atoms with van der Waals surface area (Å²) in [5.74, 6) is -2.38. The van der Waals surface area contributed by atoms with Gasteiger partial charge in [-0.1, -0.05) is 30.3 Å². The minimum absolute atomic E-state index is 0.0207. The zero-order valence-corrected chi connectivity index (χ0v) is 13.7. The third-order valence-electron chi connectivity index (χ3n) is 4.14. The zero-order chi connectivity index (χ0) is 17.6. The monoisotopic (exact) mass is 330 g/mol. The Balaban J connectivity index is 1.79. The number of aliphatic carboxylic acids is 1. The lowest BCUT2D eigenvalue weighted by atomic mass is 10.00. The van der Waals surface area contributed by atoms with E-state index in [4.69, 9.17) is 0 Å². The van der Waals surface area contributed by atoms with Gasteiger partial charge in [0.15, 0.2) is 5.54 Å². The predicted octanol–water partition coefficient (Wildman–Crippen LogP) is 1.37. The van der Waals surface area contributed by atoms with Crippen LogP contribution in [-0.4, -0.2) is 46.4 Å². The van der Waals surface area contributed by atoms with Crippen molar-refractivity contribution in [3.05, 3.63) is 48.0 Å². The Morgan fingerprint density at radius 2 is 1.75 bits per heavy atom. The molecule has 6 heteroatoms. The van der Waals surface area contributed by atoms with Gasteiger partial charge in [0.05, 0.1) is 0 Å². The quantitative estimate of drug-likeness (QED) is 0.527. The summed E-state index contributed by atoms with van der Waals surface area (Å²) in [6.45, 7) is 2.03. The van der Waals surface area contributed by atoms with Crippen LogP contribution >= 0.6 is 0 Å². The lowest BCUT2D eigenvalue weighted by molar-refractivity contribution is -0.160. The molecule has 2 rings (SSSR count). The van der Waals surface area contributed by atoms with Crippen molar-refractivity contribution < 1.29 is 19.5 Å². The number of nitrogens with zero attached hydrogens (tertiary/aromatic N) is 1. The summed E-state index contributed by atoms with van der Waals surface area (Å²) in [5.41, 5.74) is -0.316. The normalized spacial score (nSPS) is 16.5. The number of nitrogens with one attached hydrogen (secondary N) is 1. The summed E-state index contributed by atoms with van der Waals surface area (Å²) in [7, 11) is 0. The standard InChI is InChI=1S/C18H22N2O4/c1-18(17(23)24,20-15(21)10-11-16(20)22)13-19-12-6-5-9-14-7-3-2-4-8-14/h2-4,7-8,10-11,19H,5-6,9,12-13H2,1H3,(H,23,24)/t18-/m0/s1. The molecule has 0 radical (unpaired) electrons. The van der Waals surface area contributed by atoms with E-state index in [-0.39, 0.29) is 6.54 Å². The molecule has 2 N–H and O–H groups in total. The molecule has 0 aromatic heterocycles. The van der Waals surface area contributed by atoms with E-state index >= 15 is 0 Å². The Bertz CT molecular complexity index is 624. The third kappa shape index (κ3) is 4.08. The Kier molecular flexibility index (Phi) is 5.87. The van der Waals surface area contributed by atoms with Crippen LogP contribution in [0.25, 0.3) is 0 Å². The molecule has 1 heterocycles. The second-order valence-electron chi connectivity index (χ2n) is 6.04. The molecule has 6 nitrogen and oxygen atoms in total. The fraction of sp³-hybridized carbons (Fsp3) is 0.389. The molecule has 0 saturated heterocycles. The van der Waals surface area contributed by atoms with E-state index in [9.17, 15) is 19.5 Å². The number of amides is 2. The molecular formula is C18H22N2O4. The number of carbonyl (C=O) groups excluding carboxylic acids is 2. The van der Waals surface area contributed by atoms with Crippen LogP contribution in [0.3, 0.4) is 0 Å². The van der Waals surface area contributed by atoms with Crippen molar-refractivity contribution in [2.24, 2.45) is 0 Å². The van der Waals surface area contributed by atoms with E-state index in [0.717, 1.165) is 36.3 Å². The molecule has 1 atom stereocenters. The lowest BCUT2D eigenvalue weighted by Gasteiger charge is -2.33. The molecule has 0 aliphatic carbocycles. The highest BCUT2D eigenvalue weighted by atomic mass is 16.4. The van der Waals surface area contributed by atoms with E-state index in [1.807, 2.05) is 18.2 Å². The molecular weight excluding hydrogens is 308 g/mol. The molecule has 0 fully saturated rings. The Hall–Kier alpha value is -2.47. The van der Waals surface area contributed by atoms with Gasteiger partial charge in [0.2, 0.25) is 0 Å². The van der Waals surface area contributed by atoms with E-state index in [2.05, 4.69) is 17.4 Å². The molecule has 128 valence electrons. The number of carboxylic acids is 1. The van der Waals surface area contributed by atoms with Gasteiger partial charge >= 0.3 is 5.97 Å². The third-order valence-corrected chi connectivity index (χ3v) is 4.14. The van der Waals surface area contributed by atoms with Gasteiger partial charge in [0.1, 0.15) is 0 Å². The van der Waals surface area contributed by atoms with Crippen LogP contribution in [-0.2, 0) is 20.8 Å². The van der Waals surface area contributed by atoms with Crippen LogP contribution in [0.15, 0.2) is 42.5 Å². The van der Waals surface area contributed by atoms with Gasteiger partial charge in [0.25, 0.3) is 11.8 Å². The van der Waals surface area contributed by atoms with Gasteiger partial charge in [-0.25, -0.2) is 4.79 Å². The SMILES string of the molecule is C[C@](CNCCCCc1ccccc1)(C(=O)O)N1C(=O)C=CC1=O. The van der Waals surface area contributed by atoms with E-state index in [1.54, 1.807) is 0 Å². The van der Waals surface area contributed by atoms with Crippen molar-refractivity contribution >= 4 is 17.8 Å². The Morgan fingerprint density at radius 1 is 1.12 bits per heavy atom. The van der Waals surface area contributed by atoms with Gasteiger partial charge in [0, 0.05) is 18.7 Å². The summed E-state index contributed by atoms with van der Waals surface area (Å²) in [6.07, 6.45) is 5.02. The van der Waals surface area contributed by atoms with Crippen LogP contribution in [0.1, 0.15) is 25.3 Å². The van der Waals surface area contributed by atoms with Crippen molar-refractivity contribution in [1.82, 2.24) is 10.2 Å². The average molecular weight is 330 g/mol. The van der Waals surface area contributed by atoms with Crippen molar-refractivity contribution in [3.63, 3.8) is 0 Å². The first-order valence-electron chi connectivity index (χ1n) is 7.99. The molecule has 0 unspecified atom stereocenters. The first-order chi connectivity index (χ1) is 11.4. The minimum Gasteiger partial charge on any atom is -0.479 e. The number of carboxylic acid groups (broad SMARTS) is 1. The molecule has 0 bridgehead atoms. The average Bonchev–Trinajstić information content (AvgIpc) is 2.90. The summed E-state index contributed by atoms with van der Waals surface area (Å²) < 4.78 is 0. The molecule has 24 heavy (non-hydrogen) atoms. The molecule has 1 aromatic rings. The Morgan fingerprint density at radius 3 is 2.33 bits per heavy atom. The van der Waals surface area contributed by atoms with Crippen LogP contribution in [0.5, 0.6) is 0 Å². The number of hydrogen-bond acceptors (Lipinski definition) is 4. The van der Waals surface area contributed by atoms with Crippen LogP contribution < -0.4 is 5.32 Å². The molecule has 2 amide bonds. The fourth-order valence-corrected chi connectivity index (χ4v) is 2.69. The maximum atomic E-state index is 11.8. The molecule has 0 saturated carbocycles. The second kappa shape index (κ2) is 7.88. The first-order valence-corrected chi connectivity index (χ1v) is 7.99. The highest BCUT2D eigenvalue weighted by molar-refractivity contribution is 6.15. The van der Waals surface area contributed by atoms with Crippen molar-refractivity contribution in [2.75, 3.05) is 13.1 Å². The highest BCUT2D eigenvalue weighted by Gasteiger charge is 2.46. The van der Waals surface area contributed by atoms with Gasteiger partial charge in [-0.15, -0.1) is 0 Å². The van der Waals surface area contributed by atoms with E-state index in [0.29, 0.717) is 6.54 Å². The van der Waals surface area contributed by atoms with E-state index in [1.165, 1.54) is 12.5 Å². The van der Waals surface area contributed by atoms with Crippen molar-refractivity contribution in [2.45, 2.75) is 31.7 Å². The zero-order valence-electron chi connectivity index (χ0n) is 13.7. The number of benzene rings is 1. The van der Waals surface area contributed by atoms with Crippen LogP contribution in [0, 0.1) is 0 Å². The van der Waals surface area contributed by atoms with Crippen LogP contribution in [0.2, 0.25) is 0 Å². The summed E-state index contributed by atoms with van der Waals surface area (Å²) in [5, 5.41) is 12.5. The summed E-state index contributed by atoms with van der Waals surface area (Å²) >= 11 is 0. The van der Waals surface area contributed by atoms with Crippen molar-refractivity contribution in [3.8, 4) is 0 Å².